The zero-order chi connectivity index (χ0) is 13.0. The molecule has 3 heteroatoms. The lowest BCUT2D eigenvalue weighted by molar-refractivity contribution is 0.0697. The second-order valence-corrected chi connectivity index (χ2v) is 4.65. The molecule has 0 aliphatic rings. The van der Waals surface area contributed by atoms with Gasteiger partial charge in [0, 0.05) is 11.7 Å². The van der Waals surface area contributed by atoms with Crippen LogP contribution in [0.5, 0.6) is 0 Å². The Bertz CT molecular complexity index is 401. The SMILES string of the molecule is CCC(C)C(C)Nc1ccc(C(=O)O)cc1C. The van der Waals surface area contributed by atoms with E-state index >= 15 is 0 Å². The molecule has 2 N–H and O–H groups in total. The highest BCUT2D eigenvalue weighted by Crippen LogP contribution is 2.20. The van der Waals surface area contributed by atoms with E-state index in [0.717, 1.165) is 17.7 Å². The van der Waals surface area contributed by atoms with Gasteiger partial charge in [-0.3, -0.25) is 0 Å². The van der Waals surface area contributed by atoms with Crippen molar-refractivity contribution in [3.8, 4) is 0 Å². The molecule has 94 valence electrons. The molecule has 1 aromatic carbocycles. The van der Waals surface area contributed by atoms with E-state index in [1.165, 1.54) is 0 Å². The van der Waals surface area contributed by atoms with Crippen molar-refractivity contribution in [2.45, 2.75) is 40.2 Å². The normalized spacial score (nSPS) is 14.1. The second kappa shape index (κ2) is 5.71. The zero-order valence-corrected chi connectivity index (χ0v) is 10.9. The van der Waals surface area contributed by atoms with Crippen LogP contribution in [0.4, 0.5) is 5.69 Å². The van der Waals surface area contributed by atoms with Gasteiger partial charge in [0.15, 0.2) is 0 Å². The summed E-state index contributed by atoms with van der Waals surface area (Å²) >= 11 is 0. The Balaban J connectivity index is 2.82. The van der Waals surface area contributed by atoms with Gasteiger partial charge >= 0.3 is 5.97 Å². The number of carboxylic acid groups (broad SMARTS) is 1. The molecule has 3 nitrogen and oxygen atoms in total. The Kier molecular flexibility index (Phi) is 4.55. The smallest absolute Gasteiger partial charge is 0.335 e. The van der Waals surface area contributed by atoms with Crippen molar-refractivity contribution >= 4 is 11.7 Å². The van der Waals surface area contributed by atoms with Crippen molar-refractivity contribution < 1.29 is 9.90 Å². The summed E-state index contributed by atoms with van der Waals surface area (Å²) in [7, 11) is 0. The number of benzene rings is 1. The van der Waals surface area contributed by atoms with E-state index in [1.54, 1.807) is 12.1 Å². The molecule has 1 aromatic rings. The molecule has 0 amide bonds. The van der Waals surface area contributed by atoms with E-state index < -0.39 is 5.97 Å². The first-order valence-electron chi connectivity index (χ1n) is 6.06. The zero-order valence-electron chi connectivity index (χ0n) is 10.9. The van der Waals surface area contributed by atoms with Crippen LogP contribution in [0.25, 0.3) is 0 Å². The third kappa shape index (κ3) is 3.48. The summed E-state index contributed by atoms with van der Waals surface area (Å²) in [4.78, 5) is 10.8. The first kappa shape index (κ1) is 13.6. The van der Waals surface area contributed by atoms with Crippen LogP contribution < -0.4 is 5.32 Å². The fourth-order valence-electron chi connectivity index (χ4n) is 1.70. The summed E-state index contributed by atoms with van der Waals surface area (Å²) in [5, 5.41) is 12.3. The molecule has 0 heterocycles. The van der Waals surface area contributed by atoms with E-state index in [9.17, 15) is 4.79 Å². The third-order valence-electron chi connectivity index (χ3n) is 3.35. The van der Waals surface area contributed by atoms with E-state index in [1.807, 2.05) is 13.0 Å². The van der Waals surface area contributed by atoms with Gasteiger partial charge in [0.05, 0.1) is 5.56 Å². The lowest BCUT2D eigenvalue weighted by Gasteiger charge is -2.22. The molecule has 0 aliphatic heterocycles. The number of rotatable bonds is 5. The molecule has 0 bridgehead atoms. The third-order valence-corrected chi connectivity index (χ3v) is 3.35. The van der Waals surface area contributed by atoms with Gasteiger partial charge in [-0.2, -0.15) is 0 Å². The number of carbonyl (C=O) groups is 1. The van der Waals surface area contributed by atoms with Crippen LogP contribution in [0.2, 0.25) is 0 Å². The fourth-order valence-corrected chi connectivity index (χ4v) is 1.70. The van der Waals surface area contributed by atoms with Gasteiger partial charge < -0.3 is 10.4 Å². The van der Waals surface area contributed by atoms with Crippen molar-refractivity contribution in [1.29, 1.82) is 0 Å². The van der Waals surface area contributed by atoms with Crippen LogP contribution >= 0.6 is 0 Å². The molecular formula is C14H21NO2. The van der Waals surface area contributed by atoms with Gasteiger partial charge in [-0.1, -0.05) is 20.3 Å². The largest absolute Gasteiger partial charge is 0.478 e. The van der Waals surface area contributed by atoms with Gasteiger partial charge in [0.1, 0.15) is 0 Å². The number of hydrogen-bond donors (Lipinski definition) is 2. The number of aryl methyl sites for hydroxylation is 1. The molecule has 0 saturated carbocycles. The van der Waals surface area contributed by atoms with Crippen molar-refractivity contribution in [3.63, 3.8) is 0 Å². The lowest BCUT2D eigenvalue weighted by Crippen LogP contribution is -2.23. The molecule has 0 fully saturated rings. The number of carboxylic acids is 1. The number of aromatic carboxylic acids is 1. The predicted molar refractivity (Wildman–Crippen MR) is 70.7 cm³/mol. The Hall–Kier alpha value is -1.51. The molecule has 1 rings (SSSR count). The summed E-state index contributed by atoms with van der Waals surface area (Å²) in [5.41, 5.74) is 2.33. The molecule has 2 atom stereocenters. The standard InChI is InChI=1S/C14H21NO2/c1-5-9(2)11(4)15-13-7-6-12(14(16)17)8-10(13)3/h6-9,11,15H,5H2,1-4H3,(H,16,17). The van der Waals surface area contributed by atoms with Crippen LogP contribution in [0.1, 0.15) is 43.1 Å². The average Bonchev–Trinajstić information content (AvgIpc) is 2.30. The maximum absolute atomic E-state index is 10.8. The summed E-state index contributed by atoms with van der Waals surface area (Å²) in [6.07, 6.45) is 1.13. The molecule has 0 spiro atoms. The molecule has 17 heavy (non-hydrogen) atoms. The second-order valence-electron chi connectivity index (χ2n) is 4.65. The lowest BCUT2D eigenvalue weighted by atomic mass is 10.00. The van der Waals surface area contributed by atoms with Gasteiger partial charge in [-0.15, -0.1) is 0 Å². The Morgan fingerprint density at radius 1 is 1.41 bits per heavy atom. The highest BCUT2D eigenvalue weighted by atomic mass is 16.4. The minimum absolute atomic E-state index is 0.337. The van der Waals surface area contributed by atoms with Crippen LogP contribution in [-0.2, 0) is 0 Å². The fraction of sp³-hybridized carbons (Fsp3) is 0.500. The number of nitrogens with one attached hydrogen (secondary N) is 1. The van der Waals surface area contributed by atoms with Gasteiger partial charge in [0.2, 0.25) is 0 Å². The summed E-state index contributed by atoms with van der Waals surface area (Å²) in [6.45, 7) is 8.46. The van der Waals surface area contributed by atoms with E-state index in [4.69, 9.17) is 5.11 Å². The van der Waals surface area contributed by atoms with E-state index in [0.29, 0.717) is 17.5 Å². The first-order chi connectivity index (χ1) is 7.95. The van der Waals surface area contributed by atoms with Crippen molar-refractivity contribution in [3.05, 3.63) is 29.3 Å². The summed E-state index contributed by atoms with van der Waals surface area (Å²) < 4.78 is 0. The molecule has 0 aliphatic carbocycles. The van der Waals surface area contributed by atoms with Gasteiger partial charge in [-0.05, 0) is 43.5 Å². The first-order valence-corrected chi connectivity index (χ1v) is 6.06. The van der Waals surface area contributed by atoms with Crippen molar-refractivity contribution in [2.75, 3.05) is 5.32 Å². The molecule has 0 radical (unpaired) electrons. The van der Waals surface area contributed by atoms with Gasteiger partial charge in [-0.25, -0.2) is 4.79 Å². The minimum atomic E-state index is -0.880. The highest BCUT2D eigenvalue weighted by Gasteiger charge is 2.12. The Morgan fingerprint density at radius 2 is 2.06 bits per heavy atom. The predicted octanol–water partition coefficient (Wildman–Crippen LogP) is 3.54. The van der Waals surface area contributed by atoms with Crippen molar-refractivity contribution in [2.24, 2.45) is 5.92 Å². The van der Waals surface area contributed by atoms with E-state index in [-0.39, 0.29) is 0 Å². The molecule has 2 unspecified atom stereocenters. The van der Waals surface area contributed by atoms with Crippen LogP contribution in [-0.4, -0.2) is 17.1 Å². The van der Waals surface area contributed by atoms with Crippen LogP contribution in [0.3, 0.4) is 0 Å². The molecule has 0 saturated heterocycles. The minimum Gasteiger partial charge on any atom is -0.478 e. The average molecular weight is 235 g/mol. The van der Waals surface area contributed by atoms with Crippen molar-refractivity contribution in [1.82, 2.24) is 0 Å². The molecule has 0 aromatic heterocycles. The Morgan fingerprint density at radius 3 is 2.53 bits per heavy atom. The number of anilines is 1. The number of hydrogen-bond acceptors (Lipinski definition) is 2. The molecular weight excluding hydrogens is 214 g/mol. The monoisotopic (exact) mass is 235 g/mol. The topological polar surface area (TPSA) is 49.3 Å². The van der Waals surface area contributed by atoms with Gasteiger partial charge in [0.25, 0.3) is 0 Å². The maximum Gasteiger partial charge on any atom is 0.335 e. The summed E-state index contributed by atoms with van der Waals surface area (Å²) in [6, 6.07) is 5.57. The van der Waals surface area contributed by atoms with Crippen LogP contribution in [0, 0.1) is 12.8 Å². The quantitative estimate of drug-likeness (QED) is 0.820. The highest BCUT2D eigenvalue weighted by molar-refractivity contribution is 5.88. The van der Waals surface area contributed by atoms with E-state index in [2.05, 4.69) is 26.1 Å². The maximum atomic E-state index is 10.8. The summed E-state index contributed by atoms with van der Waals surface area (Å²) in [5.74, 6) is -0.289. The Labute approximate surface area is 103 Å². The van der Waals surface area contributed by atoms with Crippen LogP contribution in [0.15, 0.2) is 18.2 Å².